The molecule has 19 heavy (non-hydrogen) atoms. The average molecular weight is 294 g/mol. The van der Waals surface area contributed by atoms with Gasteiger partial charge >= 0.3 is 13.3 Å². The highest BCUT2D eigenvalue weighted by molar-refractivity contribution is 7.54. The summed E-state index contributed by atoms with van der Waals surface area (Å²) in [7, 11) is -3.11. The van der Waals surface area contributed by atoms with Gasteiger partial charge in [-0.05, 0) is 38.1 Å². The molecule has 108 valence electrons. The van der Waals surface area contributed by atoms with Gasteiger partial charge in [-0.15, -0.1) is 0 Å². The van der Waals surface area contributed by atoms with Gasteiger partial charge in [0.15, 0.2) is 0 Å². The third-order valence-corrected chi connectivity index (χ3v) is 4.52. The zero-order chi connectivity index (χ0) is 14.5. The van der Waals surface area contributed by atoms with Crippen molar-refractivity contribution >= 4 is 7.60 Å². The van der Waals surface area contributed by atoms with Crippen LogP contribution in [0.3, 0.4) is 0 Å². The Morgan fingerprint density at radius 2 is 1.58 bits per heavy atom. The maximum Gasteiger partial charge on any atom is 0.404 e. The molecule has 0 N–H and O–H groups in total. The molecule has 0 unspecified atom stereocenters. The Balaban J connectivity index is 3.14. The molecule has 0 atom stereocenters. The SMILES string of the molecule is CCOP(=O)(OCC)C(F)(F)c1ccc(OC)cc1. The smallest absolute Gasteiger partial charge is 0.404 e. The van der Waals surface area contributed by atoms with E-state index in [1.165, 1.54) is 33.1 Å². The molecule has 1 rings (SSSR count). The van der Waals surface area contributed by atoms with Crippen LogP contribution in [0.5, 0.6) is 5.75 Å². The lowest BCUT2D eigenvalue weighted by atomic mass is 10.2. The van der Waals surface area contributed by atoms with Crippen molar-refractivity contribution in [3.63, 3.8) is 0 Å². The summed E-state index contributed by atoms with van der Waals surface area (Å²) in [4.78, 5) is 0. The summed E-state index contributed by atoms with van der Waals surface area (Å²) >= 11 is 0. The third-order valence-electron chi connectivity index (χ3n) is 2.38. The number of methoxy groups -OCH3 is 1. The predicted octanol–water partition coefficient (Wildman–Crippen LogP) is 4.01. The zero-order valence-corrected chi connectivity index (χ0v) is 12.0. The highest BCUT2D eigenvalue weighted by Gasteiger charge is 2.54. The van der Waals surface area contributed by atoms with Crippen LogP contribution >= 0.6 is 7.60 Å². The van der Waals surface area contributed by atoms with E-state index in [9.17, 15) is 13.3 Å². The Morgan fingerprint density at radius 1 is 1.11 bits per heavy atom. The summed E-state index contributed by atoms with van der Waals surface area (Å²) in [5.41, 5.74) is -4.13. The molecule has 0 radical (unpaired) electrons. The molecule has 0 saturated heterocycles. The molecule has 0 aromatic heterocycles. The molecule has 0 heterocycles. The molecule has 0 fully saturated rings. The fourth-order valence-electron chi connectivity index (χ4n) is 1.49. The van der Waals surface area contributed by atoms with Gasteiger partial charge in [0.2, 0.25) is 0 Å². The largest absolute Gasteiger partial charge is 0.497 e. The molecule has 4 nitrogen and oxygen atoms in total. The summed E-state index contributed by atoms with van der Waals surface area (Å²) in [5.74, 6) is 0.433. The Kier molecular flexibility index (Phi) is 5.47. The number of hydrogen-bond donors (Lipinski definition) is 0. The summed E-state index contributed by atoms with van der Waals surface area (Å²) in [6, 6.07) is 5.02. The molecule has 0 saturated carbocycles. The lowest BCUT2D eigenvalue weighted by Gasteiger charge is -2.25. The van der Waals surface area contributed by atoms with Crippen molar-refractivity contribution in [1.29, 1.82) is 0 Å². The van der Waals surface area contributed by atoms with E-state index in [0.717, 1.165) is 12.1 Å². The first kappa shape index (κ1) is 16.1. The number of rotatable bonds is 7. The monoisotopic (exact) mass is 294 g/mol. The van der Waals surface area contributed by atoms with E-state index in [-0.39, 0.29) is 13.2 Å². The molecule has 0 spiro atoms. The molecular formula is C12H17F2O4P. The number of hydrogen-bond acceptors (Lipinski definition) is 4. The molecule has 1 aromatic rings. The molecule has 1 aromatic carbocycles. The minimum atomic E-state index is -4.54. The van der Waals surface area contributed by atoms with E-state index >= 15 is 0 Å². The quantitative estimate of drug-likeness (QED) is 0.713. The second-order valence-corrected chi connectivity index (χ2v) is 5.68. The molecule has 7 heteroatoms. The third kappa shape index (κ3) is 3.32. The Hall–Kier alpha value is -0.970. The van der Waals surface area contributed by atoms with Crippen LogP contribution in [0.2, 0.25) is 0 Å². The summed E-state index contributed by atoms with van der Waals surface area (Å²) < 4.78 is 55.0. The number of halogens is 2. The summed E-state index contributed by atoms with van der Waals surface area (Å²) in [6.45, 7) is 2.72. The van der Waals surface area contributed by atoms with Gasteiger partial charge in [0.1, 0.15) is 5.75 Å². The van der Waals surface area contributed by atoms with Crippen LogP contribution in [0, 0.1) is 0 Å². The Morgan fingerprint density at radius 3 is 1.95 bits per heavy atom. The summed E-state index contributed by atoms with van der Waals surface area (Å²) in [5, 5.41) is 0. The molecule has 0 bridgehead atoms. The van der Waals surface area contributed by atoms with Crippen molar-refractivity contribution in [2.75, 3.05) is 20.3 Å². The molecule has 0 aliphatic carbocycles. The fraction of sp³-hybridized carbons (Fsp3) is 0.500. The van der Waals surface area contributed by atoms with Gasteiger partial charge in [-0.3, -0.25) is 4.57 Å². The van der Waals surface area contributed by atoms with E-state index in [0.29, 0.717) is 5.75 Å². The standard InChI is InChI=1S/C12H17F2O4P/c1-4-17-19(15,18-5-2)12(13,14)10-6-8-11(16-3)9-7-10/h6-9H,4-5H2,1-3H3. The van der Waals surface area contributed by atoms with Gasteiger partial charge < -0.3 is 13.8 Å². The highest BCUT2D eigenvalue weighted by atomic mass is 31.2. The van der Waals surface area contributed by atoms with Gasteiger partial charge in [0.05, 0.1) is 20.3 Å². The van der Waals surface area contributed by atoms with Crippen LogP contribution in [0.25, 0.3) is 0 Å². The number of benzene rings is 1. The topological polar surface area (TPSA) is 44.8 Å². The zero-order valence-electron chi connectivity index (χ0n) is 11.1. The second-order valence-electron chi connectivity index (χ2n) is 3.60. The lowest BCUT2D eigenvalue weighted by Crippen LogP contribution is -2.18. The fourth-order valence-corrected chi connectivity index (χ4v) is 3.03. The van der Waals surface area contributed by atoms with Crippen molar-refractivity contribution in [3.05, 3.63) is 29.8 Å². The molecule has 0 amide bonds. The van der Waals surface area contributed by atoms with Gasteiger partial charge in [-0.2, -0.15) is 8.78 Å². The lowest BCUT2D eigenvalue weighted by molar-refractivity contribution is 0.0360. The van der Waals surface area contributed by atoms with Gasteiger partial charge in [0, 0.05) is 5.56 Å². The van der Waals surface area contributed by atoms with Crippen LogP contribution in [0.15, 0.2) is 24.3 Å². The van der Waals surface area contributed by atoms with Crippen molar-refractivity contribution < 1.29 is 27.1 Å². The maximum absolute atomic E-state index is 14.3. The van der Waals surface area contributed by atoms with Crippen molar-refractivity contribution in [3.8, 4) is 5.75 Å². The van der Waals surface area contributed by atoms with Crippen LogP contribution in [-0.4, -0.2) is 20.3 Å². The normalized spacial score (nSPS) is 12.5. The first-order valence-electron chi connectivity index (χ1n) is 5.82. The van der Waals surface area contributed by atoms with E-state index in [1.807, 2.05) is 0 Å². The average Bonchev–Trinajstić information content (AvgIpc) is 2.39. The first-order valence-corrected chi connectivity index (χ1v) is 7.37. The van der Waals surface area contributed by atoms with E-state index in [2.05, 4.69) is 0 Å². The van der Waals surface area contributed by atoms with Crippen LogP contribution in [0.1, 0.15) is 19.4 Å². The van der Waals surface area contributed by atoms with E-state index in [1.54, 1.807) is 0 Å². The molecule has 0 aliphatic rings. The predicted molar refractivity (Wildman–Crippen MR) is 67.7 cm³/mol. The maximum atomic E-state index is 14.3. The Labute approximate surface area is 111 Å². The highest BCUT2D eigenvalue weighted by Crippen LogP contribution is 2.66. The van der Waals surface area contributed by atoms with Crippen molar-refractivity contribution in [2.45, 2.75) is 19.5 Å². The minimum absolute atomic E-state index is 0.122. The van der Waals surface area contributed by atoms with Gasteiger partial charge in [0.25, 0.3) is 0 Å². The first-order chi connectivity index (χ1) is 8.91. The minimum Gasteiger partial charge on any atom is -0.497 e. The van der Waals surface area contributed by atoms with Crippen LogP contribution in [-0.2, 0) is 19.3 Å². The second kappa shape index (κ2) is 6.46. The van der Waals surface area contributed by atoms with Crippen molar-refractivity contribution in [2.24, 2.45) is 0 Å². The van der Waals surface area contributed by atoms with E-state index < -0.39 is 18.8 Å². The molecule has 0 aliphatic heterocycles. The Bertz CT molecular complexity index is 438. The summed E-state index contributed by atoms with van der Waals surface area (Å²) in [6.07, 6.45) is 0. The van der Waals surface area contributed by atoms with Crippen LogP contribution in [0.4, 0.5) is 8.78 Å². The number of alkyl halides is 2. The van der Waals surface area contributed by atoms with Crippen molar-refractivity contribution in [1.82, 2.24) is 0 Å². The number of ether oxygens (including phenoxy) is 1. The van der Waals surface area contributed by atoms with Crippen LogP contribution < -0.4 is 4.74 Å². The molecular weight excluding hydrogens is 277 g/mol. The van der Waals surface area contributed by atoms with E-state index in [4.69, 9.17) is 13.8 Å². The van der Waals surface area contributed by atoms with Gasteiger partial charge in [-0.25, -0.2) is 0 Å². The van der Waals surface area contributed by atoms with Gasteiger partial charge in [-0.1, -0.05) is 0 Å².